The first kappa shape index (κ1) is 74.7. The highest BCUT2D eigenvalue weighted by Gasteiger charge is 2.55. The largest absolute Gasteiger partial charge is 0.394 e. The maximum absolute atomic E-state index is 11.4. The van der Waals surface area contributed by atoms with E-state index in [2.05, 4.69) is 31.9 Å². The SMILES string of the molecule is OCC1O[C@H]2OCCCCC3C(CNC(=S)NCCN(CCNC(=S)NCC4O[C@H]5OC6C(CO)O[C@@H](OCCCCC4C(O)C5O)C(O)C6O)CCNC(=S)N[C@@H]4OC(CO)[C@H](O[C@@H]5OC(CO)[C@H](O)[C@H](O)C5O)[C@H](O)C4O)O[C@@H](OC1C(O)C2O)C(O)C3O. The second-order valence-electron chi connectivity index (χ2n) is 23.8. The summed E-state index contributed by atoms with van der Waals surface area (Å²) in [5.41, 5.74) is 0. The molecule has 35 nitrogen and oxygen atoms in total. The van der Waals surface area contributed by atoms with Crippen LogP contribution < -0.4 is 31.9 Å². The van der Waals surface area contributed by atoms with Crippen LogP contribution in [0, 0.1) is 11.8 Å². The van der Waals surface area contributed by atoms with Gasteiger partial charge in [0.05, 0.1) is 50.8 Å². The molecule has 20 unspecified atom stereocenters. The minimum atomic E-state index is -1.85. The third-order valence-electron chi connectivity index (χ3n) is 17.7. The van der Waals surface area contributed by atoms with E-state index in [0.29, 0.717) is 51.6 Å². The number of ether oxygens (including phenoxy) is 11. The van der Waals surface area contributed by atoms with Crippen LogP contribution in [0.15, 0.2) is 0 Å². The fourth-order valence-corrected chi connectivity index (χ4v) is 13.0. The van der Waals surface area contributed by atoms with Gasteiger partial charge in [0, 0.05) is 77.4 Å². The molecule has 30 atom stereocenters. The maximum atomic E-state index is 11.4. The molecule has 14 saturated heterocycles. The lowest BCUT2D eigenvalue weighted by molar-refractivity contribution is -0.355. The molecule has 0 aliphatic carbocycles. The lowest BCUT2D eigenvalue weighted by Crippen LogP contribution is -2.67. The van der Waals surface area contributed by atoms with Crippen LogP contribution in [0.4, 0.5) is 0 Å². The second kappa shape index (κ2) is 35.4. The van der Waals surface area contributed by atoms with Gasteiger partial charge in [-0.2, -0.15) is 0 Å². The van der Waals surface area contributed by atoms with Crippen molar-refractivity contribution in [3.63, 3.8) is 0 Å². The Morgan fingerprint density at radius 2 is 0.813 bits per heavy atom. The van der Waals surface area contributed by atoms with E-state index >= 15 is 0 Å². The Balaban J connectivity index is 0.871. The van der Waals surface area contributed by atoms with Gasteiger partial charge in [0.25, 0.3) is 0 Å². The van der Waals surface area contributed by atoms with Gasteiger partial charge >= 0.3 is 0 Å². The van der Waals surface area contributed by atoms with Gasteiger partial charge in [-0.3, -0.25) is 4.90 Å². The molecule has 23 N–H and O–H groups in total. The lowest BCUT2D eigenvalue weighted by Gasteiger charge is -2.47. The molecule has 14 fully saturated rings. The van der Waals surface area contributed by atoms with Crippen LogP contribution in [0.2, 0.25) is 0 Å². The summed E-state index contributed by atoms with van der Waals surface area (Å²) in [7, 11) is 0. The summed E-state index contributed by atoms with van der Waals surface area (Å²) >= 11 is 16.9. The highest BCUT2D eigenvalue weighted by atomic mass is 32.1. The van der Waals surface area contributed by atoms with E-state index in [0.717, 1.165) is 0 Å². The molecule has 38 heteroatoms. The molecule has 526 valence electrons. The standard InChI is InChI=1S/C53H93N7O28S3/c61-17-25-31(67)32(68)39(75)50(83-25)86-42-26(18-62)80-45(36(72)33(42)69)59-53(91)56-9-12-60(10-7-54-51(89)57-15-23-21-5-1-3-13-78-46-40(76)34(70)43(27(19-63)84-46)87-48(81-23)37(73)29(21)65)11-8-55-52(90)58-16-24-22-6-2-4-14-79-47-41(77)35(71)44(28(20-64)85-47)88-49(82-24)38(74)30(22)66/h21-50,61-77H,1-20H2,(H2,54,57,89)(H2,55,58,90)(H2,56,59,91)/t21?,22?,23?,24?,25?,26?,27?,28?,29?,30?,31-,32-,33+,34?,35?,36?,37?,38?,39?,40?,41?,42-,43?,44?,45+,46+,47+,48-,49-,50-/m0/s1. The molecule has 14 aliphatic heterocycles. The Labute approximate surface area is 540 Å². The summed E-state index contributed by atoms with van der Waals surface area (Å²) in [6.07, 6.45) is -38.1. The van der Waals surface area contributed by atoms with Gasteiger partial charge < -0.3 is 171 Å². The lowest BCUT2D eigenvalue weighted by atomic mass is 9.84. The highest BCUT2D eigenvalue weighted by Crippen LogP contribution is 2.37. The van der Waals surface area contributed by atoms with E-state index in [1.807, 2.05) is 4.90 Å². The van der Waals surface area contributed by atoms with Crippen LogP contribution >= 0.6 is 36.7 Å². The van der Waals surface area contributed by atoms with E-state index in [-0.39, 0.29) is 67.8 Å². The zero-order valence-corrected chi connectivity index (χ0v) is 52.2. The summed E-state index contributed by atoms with van der Waals surface area (Å²) in [4.78, 5) is 1.99. The van der Waals surface area contributed by atoms with Crippen molar-refractivity contribution in [3.05, 3.63) is 0 Å². The average molecular weight is 1370 g/mol. The van der Waals surface area contributed by atoms with Crippen molar-refractivity contribution in [1.82, 2.24) is 36.8 Å². The summed E-state index contributed by atoms with van der Waals surface area (Å²) in [6.45, 7) is -0.952. The minimum Gasteiger partial charge on any atom is -0.394 e. The smallest absolute Gasteiger partial charge is 0.187 e. The molecule has 91 heavy (non-hydrogen) atoms. The van der Waals surface area contributed by atoms with Crippen molar-refractivity contribution in [2.75, 3.05) is 92.0 Å². The van der Waals surface area contributed by atoms with Gasteiger partial charge in [-0.05, 0) is 62.3 Å². The quantitative estimate of drug-likeness (QED) is 0.0503. The van der Waals surface area contributed by atoms with E-state index in [4.69, 9.17) is 88.8 Å². The molecule has 14 aliphatic rings. The van der Waals surface area contributed by atoms with Crippen LogP contribution in [0.5, 0.6) is 0 Å². The summed E-state index contributed by atoms with van der Waals surface area (Å²) in [5, 5.41) is 201. The summed E-state index contributed by atoms with van der Waals surface area (Å²) < 4.78 is 64.0. The van der Waals surface area contributed by atoms with Crippen LogP contribution in [-0.4, -0.2) is 371 Å². The number of thiocarbonyl (C=S) groups is 3. The van der Waals surface area contributed by atoms with E-state index in [1.54, 1.807) is 0 Å². The number of hydrogen-bond acceptors (Lipinski definition) is 32. The Bertz CT molecular complexity index is 2140. The fraction of sp³-hybridized carbons (Fsp3) is 0.943. The predicted molar refractivity (Wildman–Crippen MR) is 317 cm³/mol. The Hall–Kier alpha value is -2.09. The molecule has 0 aromatic carbocycles. The minimum absolute atomic E-state index is 0.0183. The zero-order valence-electron chi connectivity index (χ0n) is 49.7. The topological polar surface area (TPSA) is 521 Å². The Morgan fingerprint density at radius 1 is 0.385 bits per heavy atom. The number of aliphatic hydroxyl groups is 17. The van der Waals surface area contributed by atoms with Crippen LogP contribution in [0.3, 0.4) is 0 Å². The van der Waals surface area contributed by atoms with Crippen molar-refractivity contribution in [3.8, 4) is 0 Å². The van der Waals surface area contributed by atoms with Crippen LogP contribution in [0.1, 0.15) is 38.5 Å². The van der Waals surface area contributed by atoms with Gasteiger partial charge in [-0.15, -0.1) is 0 Å². The van der Waals surface area contributed by atoms with Crippen molar-refractivity contribution in [2.24, 2.45) is 11.8 Å². The van der Waals surface area contributed by atoms with Gasteiger partial charge in [0.2, 0.25) is 0 Å². The first-order valence-electron chi connectivity index (χ1n) is 30.8. The van der Waals surface area contributed by atoms with Crippen molar-refractivity contribution < 1.29 is 139 Å². The van der Waals surface area contributed by atoms with Crippen molar-refractivity contribution in [1.29, 1.82) is 0 Å². The number of nitrogens with one attached hydrogen (secondary N) is 6. The Morgan fingerprint density at radius 3 is 1.26 bits per heavy atom. The molecular formula is C53H93N7O28S3. The molecule has 0 saturated carbocycles. The molecule has 8 bridgehead atoms. The van der Waals surface area contributed by atoms with Crippen LogP contribution in [-0.2, 0) is 52.1 Å². The molecule has 0 aromatic rings. The zero-order chi connectivity index (χ0) is 65.8. The van der Waals surface area contributed by atoms with E-state index in [1.165, 1.54) is 0 Å². The number of hydrogen-bond donors (Lipinski definition) is 23. The molecule has 0 radical (unpaired) electrons. The van der Waals surface area contributed by atoms with Crippen molar-refractivity contribution in [2.45, 2.75) is 210 Å². The Kier molecular flexibility index (Phi) is 29.1. The van der Waals surface area contributed by atoms with Gasteiger partial charge in [0.1, 0.15) is 110 Å². The monoisotopic (exact) mass is 1370 g/mol. The summed E-state index contributed by atoms with van der Waals surface area (Å²) in [5.74, 6) is -1.24. The molecule has 14 heterocycles. The maximum Gasteiger partial charge on any atom is 0.187 e. The van der Waals surface area contributed by atoms with Crippen molar-refractivity contribution >= 4 is 52.0 Å². The van der Waals surface area contributed by atoms with Crippen LogP contribution in [0.25, 0.3) is 0 Å². The molecular weight excluding hydrogens is 1280 g/mol. The van der Waals surface area contributed by atoms with E-state index < -0.39 is 210 Å². The second-order valence-corrected chi connectivity index (χ2v) is 25.0. The average Bonchev–Trinajstić information content (AvgIpc) is 0.830. The molecule has 0 spiro atoms. The van der Waals surface area contributed by atoms with Gasteiger partial charge in [-0.1, -0.05) is 12.8 Å². The van der Waals surface area contributed by atoms with Gasteiger partial charge in [-0.25, -0.2) is 0 Å². The van der Waals surface area contributed by atoms with Gasteiger partial charge in [0.15, 0.2) is 53.0 Å². The molecule has 0 amide bonds. The number of rotatable bonds is 20. The first-order chi connectivity index (χ1) is 43.6. The molecule has 0 aromatic heterocycles. The third kappa shape index (κ3) is 18.8. The first-order valence-corrected chi connectivity index (χ1v) is 32.0. The fourth-order valence-electron chi connectivity index (χ4n) is 12.4. The summed E-state index contributed by atoms with van der Waals surface area (Å²) in [6, 6.07) is 0. The normalized spacial score (nSPS) is 44.1. The number of nitrogens with zero attached hydrogens (tertiary/aromatic N) is 1. The van der Waals surface area contributed by atoms with E-state index in [9.17, 15) is 86.8 Å². The predicted octanol–water partition coefficient (Wildman–Crippen LogP) is -11.5. The third-order valence-corrected chi connectivity index (χ3v) is 18.5. The molecule has 14 rings (SSSR count). The number of aliphatic hydroxyl groups excluding tert-OH is 17. The highest BCUT2D eigenvalue weighted by molar-refractivity contribution is 7.80.